The summed E-state index contributed by atoms with van der Waals surface area (Å²) in [5.74, 6) is -0.649. The molecule has 194 valence electrons. The van der Waals surface area contributed by atoms with E-state index in [9.17, 15) is 22.8 Å². The quantitative estimate of drug-likeness (QED) is 0.656. The van der Waals surface area contributed by atoms with Gasteiger partial charge >= 0.3 is 17.8 Å². The minimum absolute atomic E-state index is 0.229. The summed E-state index contributed by atoms with van der Waals surface area (Å²) in [6.07, 6.45) is 2.33. The Kier molecular flexibility index (Phi) is 6.98. The highest BCUT2D eigenvalue weighted by Crippen LogP contribution is 2.34. The predicted octanol–water partition coefficient (Wildman–Crippen LogP) is 1.45. The highest BCUT2D eigenvalue weighted by molar-refractivity contribution is 5.75. The van der Waals surface area contributed by atoms with Gasteiger partial charge in [-0.15, -0.1) is 0 Å². The topological polar surface area (TPSA) is 114 Å². The first-order valence-corrected chi connectivity index (χ1v) is 11.9. The highest BCUT2D eigenvalue weighted by Gasteiger charge is 2.40. The van der Waals surface area contributed by atoms with Crippen LogP contribution in [0, 0.1) is 11.8 Å². The minimum Gasteiger partial charge on any atom is -0.475 e. The molecule has 0 radical (unpaired) electrons. The number of fused-ring (bicyclic) bond motifs is 2. The Bertz CT molecular complexity index is 1210. The molecule has 2 saturated heterocycles. The van der Waals surface area contributed by atoms with Gasteiger partial charge in [-0.1, -0.05) is 19.3 Å². The van der Waals surface area contributed by atoms with Crippen molar-refractivity contribution in [2.75, 3.05) is 24.5 Å². The molecule has 13 heteroatoms. The summed E-state index contributed by atoms with van der Waals surface area (Å²) in [5, 5.41) is 10.6. The Morgan fingerprint density at radius 3 is 2.37 bits per heavy atom. The van der Waals surface area contributed by atoms with Gasteiger partial charge in [-0.2, -0.15) is 18.2 Å². The fourth-order valence-corrected chi connectivity index (χ4v) is 5.55. The van der Waals surface area contributed by atoms with E-state index in [4.69, 9.17) is 14.9 Å². The standard InChI is InChI=1S/C20H30N6O2.C2HF3O2/c1-23-17-16(18(27)24(2)20(23)28)26(12-13-6-4-3-5-7-13)19(22-17)25-9-8-14-10-21-11-15(14)25;3-2(4,5)1(6)7/h13-15,21H,3-12H2,1-2H3;(H,6,7). The molecule has 0 spiro atoms. The zero-order chi connectivity index (χ0) is 25.5. The molecule has 35 heavy (non-hydrogen) atoms. The van der Waals surface area contributed by atoms with Crippen LogP contribution in [0.3, 0.4) is 0 Å². The number of halogens is 3. The predicted molar refractivity (Wildman–Crippen MR) is 123 cm³/mol. The van der Waals surface area contributed by atoms with Gasteiger partial charge in [0.05, 0.1) is 0 Å². The molecule has 0 amide bonds. The molecule has 1 saturated carbocycles. The Balaban J connectivity index is 0.000000364. The molecular weight excluding hydrogens is 469 g/mol. The van der Waals surface area contributed by atoms with E-state index in [0.717, 1.165) is 38.5 Å². The van der Waals surface area contributed by atoms with Gasteiger partial charge in [0.1, 0.15) is 0 Å². The minimum atomic E-state index is -5.08. The third kappa shape index (κ3) is 4.82. The van der Waals surface area contributed by atoms with Gasteiger partial charge in [-0.05, 0) is 31.1 Å². The SMILES string of the molecule is Cn1c(=O)c2c(nc(N3CCC4CNCC43)n2CC2CCCCC2)n(C)c1=O.O=C(O)C(F)(F)F. The van der Waals surface area contributed by atoms with Crippen molar-refractivity contribution in [2.45, 2.75) is 57.3 Å². The first-order valence-electron chi connectivity index (χ1n) is 11.9. The second-order valence-corrected chi connectivity index (χ2v) is 9.68. The Labute approximate surface area is 199 Å². The molecule has 5 rings (SSSR count). The molecule has 0 aromatic carbocycles. The van der Waals surface area contributed by atoms with Crippen molar-refractivity contribution in [3.63, 3.8) is 0 Å². The zero-order valence-corrected chi connectivity index (χ0v) is 19.8. The van der Waals surface area contributed by atoms with Crippen LogP contribution in [0.5, 0.6) is 0 Å². The van der Waals surface area contributed by atoms with Crippen molar-refractivity contribution >= 4 is 23.1 Å². The summed E-state index contributed by atoms with van der Waals surface area (Å²) in [5.41, 5.74) is 0.564. The molecule has 1 aliphatic carbocycles. The molecule has 2 N–H and O–H groups in total. The number of aliphatic carboxylic acids is 1. The maximum absolute atomic E-state index is 13.1. The Morgan fingerprint density at radius 2 is 1.74 bits per heavy atom. The summed E-state index contributed by atoms with van der Waals surface area (Å²) in [7, 11) is 3.28. The van der Waals surface area contributed by atoms with E-state index in [1.807, 2.05) is 0 Å². The van der Waals surface area contributed by atoms with Crippen LogP contribution in [0.15, 0.2) is 9.59 Å². The van der Waals surface area contributed by atoms with Gasteiger partial charge in [0.15, 0.2) is 11.2 Å². The summed E-state index contributed by atoms with van der Waals surface area (Å²) in [6, 6.07) is 0.433. The molecular formula is C22H31F3N6O4. The molecule has 2 aromatic heterocycles. The van der Waals surface area contributed by atoms with Crippen molar-refractivity contribution in [3.05, 3.63) is 20.8 Å². The smallest absolute Gasteiger partial charge is 0.475 e. The van der Waals surface area contributed by atoms with Crippen LogP contribution in [0.1, 0.15) is 38.5 Å². The monoisotopic (exact) mass is 500 g/mol. The highest BCUT2D eigenvalue weighted by atomic mass is 19.4. The maximum atomic E-state index is 13.1. The fourth-order valence-electron chi connectivity index (χ4n) is 5.55. The van der Waals surface area contributed by atoms with Crippen LogP contribution >= 0.6 is 0 Å². The summed E-state index contributed by atoms with van der Waals surface area (Å²) < 4.78 is 36.6. The molecule has 2 atom stereocenters. The van der Waals surface area contributed by atoms with Gasteiger partial charge in [0, 0.05) is 46.3 Å². The average Bonchev–Trinajstić information content (AvgIpc) is 3.52. The van der Waals surface area contributed by atoms with Crippen LogP contribution in [0.2, 0.25) is 0 Å². The van der Waals surface area contributed by atoms with Crippen LogP contribution in [0.4, 0.5) is 19.1 Å². The van der Waals surface area contributed by atoms with Crippen LogP contribution in [-0.4, -0.2) is 61.6 Å². The van der Waals surface area contributed by atoms with E-state index in [-0.39, 0.29) is 11.2 Å². The van der Waals surface area contributed by atoms with Crippen LogP contribution in [0.25, 0.3) is 11.2 Å². The van der Waals surface area contributed by atoms with E-state index in [2.05, 4.69) is 14.8 Å². The summed E-state index contributed by atoms with van der Waals surface area (Å²) >= 11 is 0. The molecule has 2 aromatic rings. The summed E-state index contributed by atoms with van der Waals surface area (Å²) in [6.45, 7) is 3.82. The Hall–Kier alpha value is -2.83. The third-order valence-electron chi connectivity index (χ3n) is 7.44. The van der Waals surface area contributed by atoms with Crippen molar-refractivity contribution < 1.29 is 23.1 Å². The number of carboxylic acid groups (broad SMARTS) is 1. The number of nitrogens with zero attached hydrogens (tertiary/aromatic N) is 5. The Morgan fingerprint density at radius 1 is 1.09 bits per heavy atom. The van der Waals surface area contributed by atoms with Crippen molar-refractivity contribution in [1.29, 1.82) is 0 Å². The number of aryl methyl sites for hydroxylation is 1. The van der Waals surface area contributed by atoms with Crippen molar-refractivity contribution in [3.8, 4) is 0 Å². The lowest BCUT2D eigenvalue weighted by molar-refractivity contribution is -0.192. The zero-order valence-electron chi connectivity index (χ0n) is 19.8. The molecule has 10 nitrogen and oxygen atoms in total. The van der Waals surface area contributed by atoms with Gasteiger partial charge < -0.3 is 19.9 Å². The second kappa shape index (κ2) is 9.67. The molecule has 2 unspecified atom stereocenters. The number of aromatic nitrogens is 4. The molecule has 3 aliphatic rings. The number of rotatable bonds is 3. The number of carbonyl (C=O) groups is 1. The second-order valence-electron chi connectivity index (χ2n) is 9.68. The third-order valence-corrected chi connectivity index (χ3v) is 7.44. The van der Waals surface area contributed by atoms with Gasteiger partial charge in [0.2, 0.25) is 5.95 Å². The molecule has 3 fully saturated rings. The van der Waals surface area contributed by atoms with Gasteiger partial charge in [-0.3, -0.25) is 13.9 Å². The lowest BCUT2D eigenvalue weighted by Crippen LogP contribution is -2.38. The number of hydrogen-bond acceptors (Lipinski definition) is 6. The number of nitrogens with one attached hydrogen (secondary N) is 1. The summed E-state index contributed by atoms with van der Waals surface area (Å²) in [4.78, 5) is 41.7. The van der Waals surface area contributed by atoms with E-state index in [1.165, 1.54) is 41.2 Å². The van der Waals surface area contributed by atoms with Crippen LogP contribution < -0.4 is 21.5 Å². The molecule has 4 heterocycles. The van der Waals surface area contributed by atoms with Crippen molar-refractivity contribution in [2.24, 2.45) is 25.9 Å². The number of anilines is 1. The van der Waals surface area contributed by atoms with Gasteiger partial charge in [-0.25, -0.2) is 9.59 Å². The first kappa shape index (κ1) is 25.3. The van der Waals surface area contributed by atoms with Crippen molar-refractivity contribution in [1.82, 2.24) is 24.0 Å². The molecule has 0 bridgehead atoms. The van der Waals surface area contributed by atoms with E-state index in [1.54, 1.807) is 14.1 Å². The number of carboxylic acids is 1. The normalized spacial score (nSPS) is 22.8. The van der Waals surface area contributed by atoms with Gasteiger partial charge in [0.25, 0.3) is 5.56 Å². The largest absolute Gasteiger partial charge is 0.490 e. The molecule has 2 aliphatic heterocycles. The van der Waals surface area contributed by atoms with E-state index >= 15 is 0 Å². The lowest BCUT2D eigenvalue weighted by Gasteiger charge is -2.28. The fraction of sp³-hybridized carbons (Fsp3) is 0.727. The lowest BCUT2D eigenvalue weighted by atomic mass is 9.89. The number of hydrogen-bond donors (Lipinski definition) is 2. The number of imidazole rings is 1. The average molecular weight is 501 g/mol. The number of alkyl halides is 3. The van der Waals surface area contributed by atoms with E-state index in [0.29, 0.717) is 29.0 Å². The van der Waals surface area contributed by atoms with Crippen LogP contribution in [-0.2, 0) is 25.4 Å². The first-order chi connectivity index (χ1) is 16.5. The van der Waals surface area contributed by atoms with E-state index < -0.39 is 12.1 Å². The maximum Gasteiger partial charge on any atom is 0.490 e.